The van der Waals surface area contributed by atoms with E-state index in [2.05, 4.69) is 78.8 Å². The lowest BCUT2D eigenvalue weighted by Crippen LogP contribution is -2.48. The topological polar surface area (TPSA) is 36.5 Å². The average molecular weight is 424 g/mol. The number of methoxy groups -OCH3 is 1. The Morgan fingerprint density at radius 3 is 2.48 bits per heavy atom. The minimum atomic E-state index is 0.200. The van der Waals surface area contributed by atoms with Gasteiger partial charge in [-0.15, -0.1) is 0 Å². The van der Waals surface area contributed by atoms with Crippen LogP contribution in [0.5, 0.6) is 5.75 Å². The van der Waals surface area contributed by atoms with Crippen LogP contribution in [0.1, 0.15) is 63.6 Å². The summed E-state index contributed by atoms with van der Waals surface area (Å²) in [5.74, 6) is 0.963. The maximum Gasteiger partial charge on any atom is 0.123 e. The van der Waals surface area contributed by atoms with Crippen LogP contribution in [0.2, 0.25) is 0 Å². The SMILES string of the molecule is COc1ccccc1CN[C@@H]1CCCN(CCCCNC(C)(C)C)[C@@H]1c1ccccc1. The van der Waals surface area contributed by atoms with Gasteiger partial charge in [-0.05, 0) is 77.7 Å². The van der Waals surface area contributed by atoms with Crippen molar-refractivity contribution in [2.24, 2.45) is 0 Å². The van der Waals surface area contributed by atoms with Crippen molar-refractivity contribution in [2.75, 3.05) is 26.7 Å². The van der Waals surface area contributed by atoms with Gasteiger partial charge in [-0.1, -0.05) is 48.5 Å². The normalized spacial score (nSPS) is 20.0. The standard InChI is InChI=1S/C27H41N3O/c1-27(2,3)29-18-10-11-19-30-20-12-16-24(26(30)22-13-6-5-7-14-22)28-21-23-15-8-9-17-25(23)31-4/h5-9,13-15,17,24,26,28-29H,10-12,16,18-21H2,1-4H3/t24-,26-/m1/s1. The number of likely N-dealkylation sites (tertiary alicyclic amines) is 1. The molecule has 3 rings (SSSR count). The summed E-state index contributed by atoms with van der Waals surface area (Å²) in [6.45, 7) is 11.0. The lowest BCUT2D eigenvalue weighted by molar-refractivity contribution is 0.108. The van der Waals surface area contributed by atoms with Crippen LogP contribution in [-0.4, -0.2) is 43.2 Å². The fourth-order valence-corrected chi connectivity index (χ4v) is 4.62. The molecule has 1 aliphatic rings. The fourth-order valence-electron chi connectivity index (χ4n) is 4.62. The molecular weight excluding hydrogens is 382 g/mol. The molecular formula is C27H41N3O. The molecule has 0 amide bonds. The molecule has 2 aromatic carbocycles. The van der Waals surface area contributed by atoms with Crippen molar-refractivity contribution in [3.05, 3.63) is 65.7 Å². The van der Waals surface area contributed by atoms with E-state index in [9.17, 15) is 0 Å². The molecule has 4 heteroatoms. The molecule has 0 unspecified atom stereocenters. The Labute approximate surface area is 189 Å². The van der Waals surface area contributed by atoms with Gasteiger partial charge in [0.05, 0.1) is 13.2 Å². The first-order valence-electron chi connectivity index (χ1n) is 11.9. The molecule has 170 valence electrons. The highest BCUT2D eigenvalue weighted by Gasteiger charge is 2.32. The first-order valence-corrected chi connectivity index (χ1v) is 11.9. The van der Waals surface area contributed by atoms with Crippen molar-refractivity contribution in [3.8, 4) is 5.75 Å². The molecule has 0 saturated carbocycles. The van der Waals surface area contributed by atoms with Crippen LogP contribution in [0.4, 0.5) is 0 Å². The predicted molar refractivity (Wildman–Crippen MR) is 131 cm³/mol. The van der Waals surface area contributed by atoms with Gasteiger partial charge in [-0.2, -0.15) is 0 Å². The number of unbranched alkanes of at least 4 members (excludes halogenated alkanes) is 1. The van der Waals surface area contributed by atoms with E-state index in [1.54, 1.807) is 7.11 Å². The van der Waals surface area contributed by atoms with Crippen molar-refractivity contribution >= 4 is 0 Å². The molecule has 1 fully saturated rings. The molecule has 31 heavy (non-hydrogen) atoms. The highest BCUT2D eigenvalue weighted by molar-refractivity contribution is 5.33. The number of benzene rings is 2. The number of nitrogens with zero attached hydrogens (tertiary/aromatic N) is 1. The summed E-state index contributed by atoms with van der Waals surface area (Å²) in [6.07, 6.45) is 4.89. The summed E-state index contributed by atoms with van der Waals surface area (Å²) in [7, 11) is 1.75. The third-order valence-corrected chi connectivity index (χ3v) is 6.15. The Kier molecular flexibility index (Phi) is 8.94. The van der Waals surface area contributed by atoms with Gasteiger partial charge in [0.15, 0.2) is 0 Å². The molecule has 4 nitrogen and oxygen atoms in total. The van der Waals surface area contributed by atoms with Crippen LogP contribution >= 0.6 is 0 Å². The summed E-state index contributed by atoms with van der Waals surface area (Å²) in [5.41, 5.74) is 2.85. The molecule has 1 saturated heterocycles. The maximum atomic E-state index is 5.56. The fraction of sp³-hybridized carbons (Fsp3) is 0.556. The van der Waals surface area contributed by atoms with Crippen molar-refractivity contribution < 1.29 is 4.74 Å². The zero-order valence-corrected chi connectivity index (χ0v) is 19.9. The van der Waals surface area contributed by atoms with Crippen molar-refractivity contribution in [2.45, 2.75) is 70.6 Å². The number of hydrogen-bond donors (Lipinski definition) is 2. The zero-order valence-electron chi connectivity index (χ0n) is 19.9. The van der Waals surface area contributed by atoms with Crippen LogP contribution < -0.4 is 15.4 Å². The molecule has 0 radical (unpaired) electrons. The molecule has 0 aliphatic carbocycles. The zero-order chi connectivity index (χ0) is 22.1. The highest BCUT2D eigenvalue weighted by atomic mass is 16.5. The molecule has 2 N–H and O–H groups in total. The van der Waals surface area contributed by atoms with Crippen LogP contribution in [0.25, 0.3) is 0 Å². The Balaban J connectivity index is 1.65. The number of hydrogen-bond acceptors (Lipinski definition) is 4. The van der Waals surface area contributed by atoms with Gasteiger partial charge in [0.1, 0.15) is 5.75 Å². The molecule has 2 atom stereocenters. The minimum absolute atomic E-state index is 0.200. The van der Waals surface area contributed by atoms with E-state index in [0.717, 1.165) is 25.4 Å². The van der Waals surface area contributed by atoms with E-state index in [-0.39, 0.29) is 5.54 Å². The summed E-state index contributed by atoms with van der Waals surface area (Å²) in [4.78, 5) is 2.70. The lowest BCUT2D eigenvalue weighted by Gasteiger charge is -2.42. The average Bonchev–Trinajstić information content (AvgIpc) is 2.77. The van der Waals surface area contributed by atoms with E-state index in [0.29, 0.717) is 12.1 Å². The van der Waals surface area contributed by atoms with Gasteiger partial charge >= 0.3 is 0 Å². The van der Waals surface area contributed by atoms with Gasteiger partial charge in [-0.3, -0.25) is 4.90 Å². The monoisotopic (exact) mass is 423 g/mol. The van der Waals surface area contributed by atoms with Crippen molar-refractivity contribution in [1.29, 1.82) is 0 Å². The van der Waals surface area contributed by atoms with E-state index in [1.807, 2.05) is 12.1 Å². The summed E-state index contributed by atoms with van der Waals surface area (Å²) in [6, 6.07) is 20.2. The van der Waals surface area contributed by atoms with Crippen molar-refractivity contribution in [3.63, 3.8) is 0 Å². The molecule has 1 heterocycles. The third kappa shape index (κ3) is 7.34. The second-order valence-electron chi connectivity index (χ2n) is 9.72. The van der Waals surface area contributed by atoms with Gasteiger partial charge in [0.25, 0.3) is 0 Å². The number of ether oxygens (including phenoxy) is 1. The Bertz CT molecular complexity index is 772. The van der Waals surface area contributed by atoms with Gasteiger partial charge in [0, 0.05) is 23.7 Å². The molecule has 0 aromatic heterocycles. The first-order chi connectivity index (χ1) is 15.0. The molecule has 0 spiro atoms. The number of nitrogens with one attached hydrogen (secondary N) is 2. The Morgan fingerprint density at radius 2 is 1.74 bits per heavy atom. The highest BCUT2D eigenvalue weighted by Crippen LogP contribution is 2.32. The number of para-hydroxylation sites is 1. The van der Waals surface area contributed by atoms with Crippen LogP contribution in [0, 0.1) is 0 Å². The van der Waals surface area contributed by atoms with Crippen molar-refractivity contribution in [1.82, 2.24) is 15.5 Å². The summed E-state index contributed by atoms with van der Waals surface area (Å²) in [5, 5.41) is 7.50. The lowest BCUT2D eigenvalue weighted by atomic mass is 9.89. The number of piperidine rings is 1. The summed E-state index contributed by atoms with van der Waals surface area (Å²) >= 11 is 0. The molecule has 2 aromatic rings. The van der Waals surface area contributed by atoms with Crippen LogP contribution in [-0.2, 0) is 6.54 Å². The minimum Gasteiger partial charge on any atom is -0.496 e. The van der Waals surface area contributed by atoms with Gasteiger partial charge < -0.3 is 15.4 Å². The van der Waals surface area contributed by atoms with Gasteiger partial charge in [-0.25, -0.2) is 0 Å². The Morgan fingerprint density at radius 1 is 1.00 bits per heavy atom. The quantitative estimate of drug-likeness (QED) is 0.518. The van der Waals surface area contributed by atoms with E-state index in [4.69, 9.17) is 4.74 Å². The molecule has 0 bridgehead atoms. The predicted octanol–water partition coefficient (Wildman–Crippen LogP) is 5.16. The molecule has 1 aliphatic heterocycles. The second kappa shape index (κ2) is 11.7. The largest absolute Gasteiger partial charge is 0.496 e. The van der Waals surface area contributed by atoms with Crippen LogP contribution in [0.15, 0.2) is 54.6 Å². The maximum absolute atomic E-state index is 5.56. The Hall–Kier alpha value is -1.88. The second-order valence-corrected chi connectivity index (χ2v) is 9.72. The van der Waals surface area contributed by atoms with E-state index >= 15 is 0 Å². The van der Waals surface area contributed by atoms with Crippen LogP contribution in [0.3, 0.4) is 0 Å². The number of rotatable bonds is 10. The first kappa shape index (κ1) is 23.8. The van der Waals surface area contributed by atoms with Gasteiger partial charge in [0.2, 0.25) is 0 Å². The summed E-state index contributed by atoms with van der Waals surface area (Å²) < 4.78 is 5.56. The van der Waals surface area contributed by atoms with E-state index < -0.39 is 0 Å². The smallest absolute Gasteiger partial charge is 0.123 e. The van der Waals surface area contributed by atoms with E-state index in [1.165, 1.54) is 43.4 Å². The third-order valence-electron chi connectivity index (χ3n) is 6.15.